The van der Waals surface area contributed by atoms with Gasteiger partial charge in [-0.15, -0.1) is 0 Å². The Morgan fingerprint density at radius 2 is 1.95 bits per heavy atom. The Morgan fingerprint density at radius 1 is 1.21 bits per heavy atom. The van der Waals surface area contributed by atoms with E-state index < -0.39 is 0 Å². The summed E-state index contributed by atoms with van der Waals surface area (Å²) in [7, 11) is 0. The number of halogens is 2. The van der Waals surface area contributed by atoms with Crippen molar-refractivity contribution in [3.05, 3.63) is 33.8 Å². The summed E-state index contributed by atoms with van der Waals surface area (Å²) in [4.78, 5) is 11.8. The second-order valence-corrected chi connectivity index (χ2v) is 5.56. The normalized spacial score (nSPS) is 16.7. The van der Waals surface area contributed by atoms with Crippen LogP contribution in [0.4, 0.5) is 0 Å². The minimum Gasteiger partial charge on any atom is -0.267 e. The van der Waals surface area contributed by atoms with Gasteiger partial charge >= 0.3 is 0 Å². The maximum atomic E-state index is 11.8. The molecule has 102 valence electrons. The molecule has 1 amide bonds. The number of amides is 1. The molecule has 1 aliphatic carbocycles. The van der Waals surface area contributed by atoms with Crippen LogP contribution in [0, 0.1) is 5.92 Å². The van der Waals surface area contributed by atoms with E-state index >= 15 is 0 Å². The maximum absolute atomic E-state index is 11.8. The zero-order chi connectivity index (χ0) is 13.7. The molecular weight excluding hydrogens is 283 g/mol. The Balaban J connectivity index is 1.89. The van der Waals surface area contributed by atoms with Crippen molar-refractivity contribution < 1.29 is 4.79 Å². The third-order valence-corrected chi connectivity index (χ3v) is 4.02. The third-order valence-electron chi connectivity index (χ3n) is 3.28. The molecule has 19 heavy (non-hydrogen) atoms. The fraction of sp³-hybridized carbons (Fsp3) is 0.429. The molecule has 0 aromatic heterocycles. The molecule has 0 aliphatic heterocycles. The lowest BCUT2D eigenvalue weighted by Crippen LogP contribution is -2.19. The molecule has 0 spiro atoms. The SMILES string of the molecule is O=C(N/N=C/C1CCCCC1)c1ccc(Cl)c(Cl)c1. The zero-order valence-corrected chi connectivity index (χ0v) is 12.0. The predicted molar refractivity (Wildman–Crippen MR) is 79.0 cm³/mol. The number of hydrogen-bond acceptors (Lipinski definition) is 2. The van der Waals surface area contributed by atoms with Crippen LogP contribution in [0.15, 0.2) is 23.3 Å². The fourth-order valence-electron chi connectivity index (χ4n) is 2.19. The van der Waals surface area contributed by atoms with Gasteiger partial charge in [0.05, 0.1) is 10.0 Å². The average molecular weight is 299 g/mol. The van der Waals surface area contributed by atoms with E-state index in [9.17, 15) is 4.79 Å². The van der Waals surface area contributed by atoms with Crippen molar-refractivity contribution in [2.75, 3.05) is 0 Å². The van der Waals surface area contributed by atoms with Gasteiger partial charge in [0.1, 0.15) is 0 Å². The van der Waals surface area contributed by atoms with Crippen molar-refractivity contribution in [1.29, 1.82) is 0 Å². The molecule has 1 aliphatic rings. The largest absolute Gasteiger partial charge is 0.271 e. The minimum atomic E-state index is -0.273. The minimum absolute atomic E-state index is 0.273. The molecule has 2 rings (SSSR count). The highest BCUT2D eigenvalue weighted by Gasteiger charge is 2.11. The topological polar surface area (TPSA) is 41.5 Å². The van der Waals surface area contributed by atoms with Crippen LogP contribution in [0.2, 0.25) is 10.0 Å². The number of benzene rings is 1. The summed E-state index contributed by atoms with van der Waals surface area (Å²) in [6.45, 7) is 0. The van der Waals surface area contributed by atoms with Crippen LogP contribution in [0.5, 0.6) is 0 Å². The van der Waals surface area contributed by atoms with E-state index in [1.807, 2.05) is 6.21 Å². The van der Waals surface area contributed by atoms with Gasteiger partial charge in [-0.3, -0.25) is 4.79 Å². The Kier molecular flexibility index (Phi) is 5.23. The molecule has 1 saturated carbocycles. The van der Waals surface area contributed by atoms with Crippen molar-refractivity contribution in [3.63, 3.8) is 0 Å². The first-order valence-electron chi connectivity index (χ1n) is 6.45. The number of rotatable bonds is 3. The summed E-state index contributed by atoms with van der Waals surface area (Å²) in [5, 5.41) is 4.82. The summed E-state index contributed by atoms with van der Waals surface area (Å²) < 4.78 is 0. The van der Waals surface area contributed by atoms with Gasteiger partial charge in [0.15, 0.2) is 0 Å². The molecule has 1 aromatic carbocycles. The number of carbonyl (C=O) groups excluding carboxylic acids is 1. The van der Waals surface area contributed by atoms with Crippen LogP contribution in [-0.4, -0.2) is 12.1 Å². The van der Waals surface area contributed by atoms with Gasteiger partial charge in [-0.2, -0.15) is 5.10 Å². The molecular formula is C14H16Cl2N2O. The lowest BCUT2D eigenvalue weighted by Gasteiger charge is -2.16. The number of nitrogens with zero attached hydrogens (tertiary/aromatic N) is 1. The first kappa shape index (κ1) is 14.4. The van der Waals surface area contributed by atoms with Gasteiger partial charge in [-0.1, -0.05) is 42.5 Å². The number of hydrazone groups is 1. The van der Waals surface area contributed by atoms with Crippen molar-refractivity contribution in [2.24, 2.45) is 11.0 Å². The summed E-state index contributed by atoms with van der Waals surface area (Å²) in [6.07, 6.45) is 7.96. The predicted octanol–water partition coefficient (Wildman–Crippen LogP) is 4.29. The van der Waals surface area contributed by atoms with Crippen molar-refractivity contribution >= 4 is 35.3 Å². The smallest absolute Gasteiger partial charge is 0.267 e. The molecule has 1 N–H and O–H groups in total. The Hall–Kier alpha value is -1.06. The first-order valence-corrected chi connectivity index (χ1v) is 7.21. The zero-order valence-electron chi connectivity index (χ0n) is 10.5. The van der Waals surface area contributed by atoms with Gasteiger partial charge in [0, 0.05) is 11.8 Å². The van der Waals surface area contributed by atoms with Gasteiger partial charge in [0.2, 0.25) is 0 Å². The van der Waals surface area contributed by atoms with Crippen LogP contribution in [0.1, 0.15) is 42.5 Å². The van der Waals surface area contributed by atoms with E-state index in [0.29, 0.717) is 21.5 Å². The highest BCUT2D eigenvalue weighted by Crippen LogP contribution is 2.23. The molecule has 3 nitrogen and oxygen atoms in total. The van der Waals surface area contributed by atoms with Gasteiger partial charge in [0.25, 0.3) is 5.91 Å². The molecule has 5 heteroatoms. The maximum Gasteiger partial charge on any atom is 0.271 e. The van der Waals surface area contributed by atoms with Crippen molar-refractivity contribution in [1.82, 2.24) is 5.43 Å². The molecule has 0 bridgehead atoms. The second-order valence-electron chi connectivity index (χ2n) is 4.75. The Bertz CT molecular complexity index is 482. The first-order chi connectivity index (χ1) is 9.16. The van der Waals surface area contributed by atoms with E-state index in [2.05, 4.69) is 10.5 Å². The summed E-state index contributed by atoms with van der Waals surface area (Å²) in [5.74, 6) is 0.216. The van der Waals surface area contributed by atoms with Crippen LogP contribution in [0.3, 0.4) is 0 Å². The average Bonchev–Trinajstić information content (AvgIpc) is 2.43. The standard InChI is InChI=1S/C14H16Cl2N2O/c15-12-7-6-11(8-13(12)16)14(19)18-17-9-10-4-2-1-3-5-10/h6-10H,1-5H2,(H,18,19)/b17-9+. The quantitative estimate of drug-likeness (QED) is 0.656. The van der Waals surface area contributed by atoms with Crippen molar-refractivity contribution in [3.8, 4) is 0 Å². The van der Waals surface area contributed by atoms with Crippen LogP contribution >= 0.6 is 23.2 Å². The Morgan fingerprint density at radius 3 is 2.63 bits per heavy atom. The lowest BCUT2D eigenvalue weighted by molar-refractivity contribution is 0.0955. The van der Waals surface area contributed by atoms with E-state index in [1.54, 1.807) is 12.1 Å². The summed E-state index contributed by atoms with van der Waals surface area (Å²) in [6, 6.07) is 4.76. The van der Waals surface area contributed by atoms with E-state index in [4.69, 9.17) is 23.2 Å². The fourth-order valence-corrected chi connectivity index (χ4v) is 2.48. The van der Waals surface area contributed by atoms with E-state index in [0.717, 1.165) is 12.8 Å². The second kappa shape index (κ2) is 6.92. The van der Waals surface area contributed by atoms with Gasteiger partial charge in [-0.25, -0.2) is 5.43 Å². The third kappa shape index (κ3) is 4.22. The summed E-state index contributed by atoms with van der Waals surface area (Å²) >= 11 is 11.7. The molecule has 1 fully saturated rings. The van der Waals surface area contributed by atoms with Crippen LogP contribution in [0.25, 0.3) is 0 Å². The monoisotopic (exact) mass is 298 g/mol. The van der Waals surface area contributed by atoms with Gasteiger partial charge < -0.3 is 0 Å². The molecule has 0 unspecified atom stereocenters. The Labute approximate surface area is 123 Å². The highest BCUT2D eigenvalue weighted by molar-refractivity contribution is 6.42. The number of carbonyl (C=O) groups is 1. The van der Waals surface area contributed by atoms with Crippen LogP contribution < -0.4 is 5.43 Å². The summed E-state index contributed by atoms with van der Waals surface area (Å²) in [5.41, 5.74) is 2.98. The highest BCUT2D eigenvalue weighted by atomic mass is 35.5. The van der Waals surface area contributed by atoms with E-state index in [-0.39, 0.29) is 5.91 Å². The lowest BCUT2D eigenvalue weighted by atomic mass is 9.90. The molecule has 0 saturated heterocycles. The molecule has 0 atom stereocenters. The van der Waals surface area contributed by atoms with Crippen LogP contribution in [-0.2, 0) is 0 Å². The van der Waals surface area contributed by atoms with E-state index in [1.165, 1.54) is 25.3 Å². The molecule has 0 radical (unpaired) electrons. The van der Waals surface area contributed by atoms with Gasteiger partial charge in [-0.05, 0) is 37.0 Å². The van der Waals surface area contributed by atoms with Crippen molar-refractivity contribution in [2.45, 2.75) is 32.1 Å². The number of nitrogens with one attached hydrogen (secondary N) is 1. The molecule has 1 aromatic rings. The number of hydrogen-bond donors (Lipinski definition) is 1. The molecule has 0 heterocycles.